The molecule has 0 spiro atoms. The van der Waals surface area contributed by atoms with Gasteiger partial charge in [0.15, 0.2) is 17.2 Å². The number of nitrogens with zero attached hydrogens (tertiary/aromatic N) is 5. The molecule has 3 aliphatic rings. The molecular formula is C114H75N5O4S. The zero-order valence-electron chi connectivity index (χ0n) is 68.7. The van der Waals surface area contributed by atoms with Crippen LogP contribution in [0.3, 0.4) is 0 Å². The van der Waals surface area contributed by atoms with Crippen molar-refractivity contribution in [1.82, 2.24) is 24.9 Å². The maximum absolute atomic E-state index is 6.78. The van der Waals surface area contributed by atoms with Gasteiger partial charge in [-0.25, -0.2) is 24.9 Å². The van der Waals surface area contributed by atoms with Crippen molar-refractivity contribution in [3.05, 3.63) is 379 Å². The van der Waals surface area contributed by atoms with Crippen molar-refractivity contribution in [3.63, 3.8) is 0 Å². The van der Waals surface area contributed by atoms with E-state index in [1.54, 1.807) is 11.3 Å². The summed E-state index contributed by atoms with van der Waals surface area (Å²) in [5.74, 6) is 2.10. The van der Waals surface area contributed by atoms with Crippen molar-refractivity contribution in [2.24, 2.45) is 0 Å². The predicted octanol–water partition coefficient (Wildman–Crippen LogP) is 31.2. The first-order valence-electron chi connectivity index (χ1n) is 42.4. The predicted molar refractivity (Wildman–Crippen MR) is 511 cm³/mol. The monoisotopic (exact) mass is 1610 g/mol. The van der Waals surface area contributed by atoms with Gasteiger partial charge in [0.1, 0.15) is 39.0 Å². The van der Waals surface area contributed by atoms with E-state index in [0.29, 0.717) is 11.7 Å². The number of fused-ring (bicyclic) bond motifs is 27. The first-order valence-corrected chi connectivity index (χ1v) is 43.2. The normalized spacial score (nSPS) is 13.8. The van der Waals surface area contributed by atoms with Gasteiger partial charge in [0.25, 0.3) is 0 Å². The number of thiophene rings is 1. The van der Waals surface area contributed by atoms with Crippen LogP contribution in [-0.4, -0.2) is 24.9 Å². The summed E-state index contributed by atoms with van der Waals surface area (Å²) < 4.78 is 27.8. The second-order valence-electron chi connectivity index (χ2n) is 34.8. The van der Waals surface area contributed by atoms with Crippen molar-refractivity contribution in [3.8, 4) is 101 Å². The molecule has 7 aromatic heterocycles. The van der Waals surface area contributed by atoms with E-state index in [-0.39, 0.29) is 16.2 Å². The Morgan fingerprint density at radius 1 is 0.242 bits per heavy atom. The van der Waals surface area contributed by atoms with Crippen LogP contribution < -0.4 is 0 Å². The number of aromatic nitrogens is 5. The highest BCUT2D eigenvalue weighted by Crippen LogP contribution is 2.58. The van der Waals surface area contributed by atoms with E-state index in [1.165, 1.54) is 104 Å². The van der Waals surface area contributed by atoms with Crippen LogP contribution in [0.2, 0.25) is 0 Å². The largest absolute Gasteiger partial charge is 0.456 e. The lowest BCUT2D eigenvalue weighted by molar-refractivity contribution is 0.610. The van der Waals surface area contributed by atoms with Gasteiger partial charge >= 0.3 is 0 Å². The molecule has 0 radical (unpaired) electrons. The minimum absolute atomic E-state index is 0.148. The number of hydrogen-bond acceptors (Lipinski definition) is 10. The minimum Gasteiger partial charge on any atom is -0.456 e. The van der Waals surface area contributed by atoms with Gasteiger partial charge < -0.3 is 17.7 Å². The molecule has 0 saturated heterocycles. The van der Waals surface area contributed by atoms with Crippen LogP contribution in [0.5, 0.6) is 0 Å². The van der Waals surface area contributed by atoms with Crippen LogP contribution >= 0.6 is 11.3 Å². The Morgan fingerprint density at radius 2 is 0.750 bits per heavy atom. The maximum Gasteiger partial charge on any atom is 0.227 e. The van der Waals surface area contributed by atoms with Crippen molar-refractivity contribution in [1.29, 1.82) is 0 Å². The third-order valence-electron chi connectivity index (χ3n) is 26.6. The molecule has 586 valence electrons. The molecule has 0 bridgehead atoms. The molecule has 7 heterocycles. The molecule has 9 nitrogen and oxygen atoms in total. The number of hydrogen-bond donors (Lipinski definition) is 0. The average Bonchev–Trinajstić information content (AvgIpc) is 1.55. The van der Waals surface area contributed by atoms with E-state index in [4.69, 9.17) is 42.6 Å². The van der Waals surface area contributed by atoms with E-state index >= 15 is 0 Å². The lowest BCUT2D eigenvalue weighted by atomic mass is 9.78. The van der Waals surface area contributed by atoms with E-state index in [2.05, 4.69) is 339 Å². The minimum atomic E-state index is -0.206. The van der Waals surface area contributed by atoms with Gasteiger partial charge in [-0.1, -0.05) is 290 Å². The van der Waals surface area contributed by atoms with Crippen LogP contribution in [0.4, 0.5) is 0 Å². The third kappa shape index (κ3) is 10.9. The Labute approximate surface area is 716 Å². The van der Waals surface area contributed by atoms with Gasteiger partial charge in [-0.05, 0) is 186 Å². The molecule has 24 aromatic rings. The summed E-state index contributed by atoms with van der Waals surface area (Å²) in [7, 11) is 0. The number of rotatable bonds is 6. The quantitative estimate of drug-likeness (QED) is 0.150. The van der Waals surface area contributed by atoms with Crippen LogP contribution in [0, 0.1) is 0 Å². The number of furan rings is 3. The second kappa shape index (κ2) is 26.9. The first kappa shape index (κ1) is 71.7. The van der Waals surface area contributed by atoms with Crippen molar-refractivity contribution >= 4 is 141 Å². The molecule has 0 atom stereocenters. The van der Waals surface area contributed by atoms with Gasteiger partial charge in [0.2, 0.25) is 5.89 Å². The Bertz CT molecular complexity index is 8660. The number of para-hydroxylation sites is 4. The lowest BCUT2D eigenvalue weighted by Gasteiger charge is -2.24. The van der Waals surface area contributed by atoms with Crippen LogP contribution in [-0.2, 0) is 16.2 Å². The molecule has 0 unspecified atom stereocenters. The van der Waals surface area contributed by atoms with E-state index in [1.807, 2.05) is 48.5 Å². The highest BCUT2D eigenvalue weighted by atomic mass is 32.1. The van der Waals surface area contributed by atoms with Crippen LogP contribution in [0.25, 0.3) is 231 Å². The Hall–Kier alpha value is -15.2. The smallest absolute Gasteiger partial charge is 0.227 e. The molecule has 17 aromatic carbocycles. The summed E-state index contributed by atoms with van der Waals surface area (Å²) in [5, 5.41) is 13.8. The van der Waals surface area contributed by atoms with Gasteiger partial charge in [0.05, 0.1) is 27.1 Å². The molecule has 0 amide bonds. The zero-order valence-corrected chi connectivity index (χ0v) is 69.5. The second-order valence-corrected chi connectivity index (χ2v) is 35.8. The van der Waals surface area contributed by atoms with Crippen molar-refractivity contribution < 1.29 is 17.7 Å². The SMILES string of the molecule is CC1(C)c2cc3c(cc2-c2cccc(-c4cccc(-c5nc(-c6ccccc6)c6ccc7ccccc7c6n5)c4)c21)oc1ccccc13.CC1(C)c2cc3c(cc2-c2cccc(-c4nc5ccccc5o4)c21)oc1ccccc13.CC1(C)c2ccccc2-c2ccc3c(oc4cc(-c5nc(-c6ccc7ccccc7c6)c6sc7ccccc7c6n5)ccc43)c21. The van der Waals surface area contributed by atoms with Crippen molar-refractivity contribution in [2.45, 2.75) is 57.8 Å². The van der Waals surface area contributed by atoms with E-state index < -0.39 is 0 Å². The molecule has 0 saturated carbocycles. The summed E-state index contributed by atoms with van der Waals surface area (Å²) in [5.41, 5.74) is 33.5. The summed E-state index contributed by atoms with van der Waals surface area (Å²) in [6.07, 6.45) is 0. The molecule has 3 aliphatic carbocycles. The van der Waals surface area contributed by atoms with Gasteiger partial charge in [-0.3, -0.25) is 0 Å². The number of benzene rings is 17. The molecule has 10 heteroatoms. The fraction of sp³-hybridized carbons (Fsp3) is 0.0789. The molecule has 27 rings (SSSR count). The highest BCUT2D eigenvalue weighted by Gasteiger charge is 2.42. The van der Waals surface area contributed by atoms with Crippen molar-refractivity contribution in [2.75, 3.05) is 0 Å². The van der Waals surface area contributed by atoms with E-state index in [9.17, 15) is 0 Å². The zero-order chi connectivity index (χ0) is 82.6. The topological polar surface area (TPSA) is 117 Å². The van der Waals surface area contributed by atoms with Gasteiger partial charge in [-0.15, -0.1) is 11.3 Å². The fourth-order valence-electron chi connectivity index (χ4n) is 20.7. The molecular weight excluding hydrogens is 1540 g/mol. The Kier molecular flexibility index (Phi) is 15.5. The standard InChI is InChI=1S/C45H30N2O.C41H26N2OS.C28H19NO2/c1-45(2)38-25-37-33-18-8-9-21-39(33)48-40(37)26-36(38)34-20-11-19-31(41(34)45)29-15-10-16-30(24-29)44-46-42(28-13-4-3-5-14-28)35-23-22-27-12-6-7-17-32(27)43(35)47-44;1-41(2)32-13-7-5-11-27(32)29-19-20-30-28-18-17-26(22-33(28)44-38(30)35(29)41)40-42-36(25-16-15-23-9-3-4-10-24(23)21-25)39-37(43-40)31-12-6-8-14-34(31)45-39;1-28(2)21-14-20-16-8-3-5-12-23(16)30-25(20)15-19(21)17-9-7-10-18(26(17)28)27-29-22-11-4-6-13-24(22)31-27/h3-26H,1-2H3;3-22H,1-2H3;3-15H,1-2H3. The maximum atomic E-state index is 6.78. The Morgan fingerprint density at radius 3 is 1.49 bits per heavy atom. The lowest BCUT2D eigenvalue weighted by Crippen LogP contribution is -2.16. The molecule has 0 fully saturated rings. The molecule has 0 N–H and O–H groups in total. The van der Waals surface area contributed by atoms with Gasteiger partial charge in [-0.2, -0.15) is 0 Å². The average molecular weight is 1610 g/mol. The highest BCUT2D eigenvalue weighted by molar-refractivity contribution is 7.26. The third-order valence-corrected chi connectivity index (χ3v) is 27.8. The molecule has 0 aliphatic heterocycles. The van der Waals surface area contributed by atoms with E-state index in [0.717, 1.165) is 149 Å². The summed E-state index contributed by atoms with van der Waals surface area (Å²) >= 11 is 1.76. The summed E-state index contributed by atoms with van der Waals surface area (Å²) in [6.45, 7) is 13.9. The number of oxazole rings is 1. The van der Waals surface area contributed by atoms with Crippen LogP contribution in [0.1, 0.15) is 74.9 Å². The summed E-state index contributed by atoms with van der Waals surface area (Å²) in [4.78, 5) is 25.8. The van der Waals surface area contributed by atoms with Gasteiger partial charge in [0, 0.05) is 103 Å². The fourth-order valence-corrected chi connectivity index (χ4v) is 21.9. The molecule has 124 heavy (non-hydrogen) atoms. The summed E-state index contributed by atoms with van der Waals surface area (Å²) in [6, 6.07) is 122. The first-order chi connectivity index (χ1) is 60.7. The Balaban J connectivity index is 0.000000104. The van der Waals surface area contributed by atoms with Crippen LogP contribution in [0.15, 0.2) is 363 Å².